The molecule has 0 fully saturated rings. The van der Waals surface area contributed by atoms with Crippen molar-refractivity contribution in [2.75, 3.05) is 7.11 Å². The Kier molecular flexibility index (Phi) is 8.18. The van der Waals surface area contributed by atoms with E-state index in [2.05, 4.69) is 10.6 Å². The summed E-state index contributed by atoms with van der Waals surface area (Å²) >= 11 is 0. The summed E-state index contributed by atoms with van der Waals surface area (Å²) in [6.45, 7) is 0. The number of methoxy groups -OCH3 is 1. The summed E-state index contributed by atoms with van der Waals surface area (Å²) in [5, 5.41) is 15.0. The quantitative estimate of drug-likeness (QED) is 0.444. The van der Waals surface area contributed by atoms with Crippen molar-refractivity contribution < 1.29 is 24.2 Å². The number of carbonyl (C=O) groups excluding carboxylic acids is 2. The van der Waals surface area contributed by atoms with Gasteiger partial charge in [0.15, 0.2) is 0 Å². The summed E-state index contributed by atoms with van der Waals surface area (Å²) in [7, 11) is 1.55. The number of carboxylic acid groups (broad SMARTS) is 1. The van der Waals surface area contributed by atoms with Crippen molar-refractivity contribution in [3.8, 4) is 5.75 Å². The van der Waals surface area contributed by atoms with Gasteiger partial charge in [-0.1, -0.05) is 60.7 Å². The number of ether oxygens (including phenoxy) is 1. The van der Waals surface area contributed by atoms with E-state index in [0.29, 0.717) is 11.3 Å². The summed E-state index contributed by atoms with van der Waals surface area (Å²) in [6.07, 6.45) is 0.315. The minimum atomic E-state index is -1.16. The number of carboxylic acids is 1. The van der Waals surface area contributed by atoms with Crippen LogP contribution in [0.2, 0.25) is 0 Å². The standard InChI is InChI=1S/C26H26N2O5/c1-33-21-14-12-19(13-15-21)17-23(26(31)32)28-25(30)22(16-18-8-4-2-5-9-18)27-24(29)20-10-6-3-7-11-20/h2-15,22-23H,16-17H2,1H3,(H,27,29)(H,28,30)(H,31,32)/t22-,23-/m0/s1. The van der Waals surface area contributed by atoms with E-state index in [-0.39, 0.29) is 12.8 Å². The number of carbonyl (C=O) groups is 3. The zero-order chi connectivity index (χ0) is 23.6. The van der Waals surface area contributed by atoms with E-state index in [4.69, 9.17) is 4.74 Å². The molecule has 0 bridgehead atoms. The number of nitrogens with one attached hydrogen (secondary N) is 2. The molecule has 2 atom stereocenters. The second-order valence-corrected chi connectivity index (χ2v) is 7.53. The predicted molar refractivity (Wildman–Crippen MR) is 124 cm³/mol. The maximum atomic E-state index is 13.1. The number of rotatable bonds is 10. The lowest BCUT2D eigenvalue weighted by Gasteiger charge is -2.22. The van der Waals surface area contributed by atoms with E-state index in [0.717, 1.165) is 11.1 Å². The van der Waals surface area contributed by atoms with Crippen LogP contribution in [0.15, 0.2) is 84.9 Å². The van der Waals surface area contributed by atoms with E-state index in [1.54, 1.807) is 61.7 Å². The maximum Gasteiger partial charge on any atom is 0.326 e. The highest BCUT2D eigenvalue weighted by Gasteiger charge is 2.27. The molecule has 3 aromatic carbocycles. The highest BCUT2D eigenvalue weighted by atomic mass is 16.5. The SMILES string of the molecule is COc1ccc(C[C@H](NC(=O)[C@H](Cc2ccccc2)NC(=O)c2ccccc2)C(=O)O)cc1. The summed E-state index contributed by atoms with van der Waals surface area (Å²) in [5.74, 6) is -1.48. The van der Waals surface area contributed by atoms with Gasteiger partial charge in [0, 0.05) is 18.4 Å². The van der Waals surface area contributed by atoms with E-state index >= 15 is 0 Å². The first-order valence-electron chi connectivity index (χ1n) is 10.5. The van der Waals surface area contributed by atoms with Gasteiger partial charge in [-0.2, -0.15) is 0 Å². The highest BCUT2D eigenvalue weighted by Crippen LogP contribution is 2.13. The van der Waals surface area contributed by atoms with Crippen molar-refractivity contribution in [1.29, 1.82) is 0 Å². The largest absolute Gasteiger partial charge is 0.497 e. The monoisotopic (exact) mass is 446 g/mol. The first-order valence-corrected chi connectivity index (χ1v) is 10.5. The molecule has 2 amide bonds. The highest BCUT2D eigenvalue weighted by molar-refractivity contribution is 5.98. The average Bonchev–Trinajstić information content (AvgIpc) is 2.84. The molecular formula is C26H26N2O5. The summed E-state index contributed by atoms with van der Waals surface area (Å²) < 4.78 is 5.12. The Morgan fingerprint density at radius 1 is 0.758 bits per heavy atom. The van der Waals surface area contributed by atoms with Crippen LogP contribution < -0.4 is 15.4 Å². The molecule has 0 aliphatic heterocycles. The molecule has 0 unspecified atom stereocenters. The minimum absolute atomic E-state index is 0.0930. The van der Waals surface area contributed by atoms with Crippen molar-refractivity contribution in [2.24, 2.45) is 0 Å². The normalized spacial score (nSPS) is 12.3. The molecule has 3 rings (SSSR count). The van der Waals surface area contributed by atoms with E-state index in [9.17, 15) is 19.5 Å². The van der Waals surface area contributed by atoms with Gasteiger partial charge in [-0.25, -0.2) is 4.79 Å². The lowest BCUT2D eigenvalue weighted by Crippen LogP contribution is -2.53. The van der Waals surface area contributed by atoms with Crippen molar-refractivity contribution in [3.63, 3.8) is 0 Å². The van der Waals surface area contributed by atoms with Gasteiger partial charge in [-0.15, -0.1) is 0 Å². The fourth-order valence-corrected chi connectivity index (χ4v) is 3.36. The topological polar surface area (TPSA) is 105 Å². The number of aliphatic carboxylic acids is 1. The zero-order valence-electron chi connectivity index (χ0n) is 18.2. The zero-order valence-corrected chi connectivity index (χ0v) is 18.2. The number of benzene rings is 3. The van der Waals surface area contributed by atoms with Crippen molar-refractivity contribution in [3.05, 3.63) is 102 Å². The van der Waals surface area contributed by atoms with Crippen LogP contribution in [0.3, 0.4) is 0 Å². The Labute approximate surface area is 192 Å². The van der Waals surface area contributed by atoms with Crippen molar-refractivity contribution >= 4 is 17.8 Å². The van der Waals surface area contributed by atoms with Crippen LogP contribution in [0.1, 0.15) is 21.5 Å². The molecule has 0 aliphatic carbocycles. The third kappa shape index (κ3) is 6.93. The molecule has 0 saturated heterocycles. The molecule has 7 nitrogen and oxygen atoms in total. The Hall–Kier alpha value is -4.13. The van der Waals surface area contributed by atoms with Gasteiger partial charge < -0.3 is 20.5 Å². The van der Waals surface area contributed by atoms with Crippen LogP contribution in [0.5, 0.6) is 5.75 Å². The van der Waals surface area contributed by atoms with Gasteiger partial charge in [0.25, 0.3) is 5.91 Å². The molecule has 0 spiro atoms. The second kappa shape index (κ2) is 11.5. The molecule has 3 N–H and O–H groups in total. The lowest BCUT2D eigenvalue weighted by molar-refractivity contribution is -0.142. The average molecular weight is 447 g/mol. The van der Waals surface area contributed by atoms with Gasteiger partial charge in [0.1, 0.15) is 17.8 Å². The fourth-order valence-electron chi connectivity index (χ4n) is 3.36. The van der Waals surface area contributed by atoms with Gasteiger partial charge in [-0.3, -0.25) is 9.59 Å². The molecule has 0 heterocycles. The van der Waals surface area contributed by atoms with E-state index < -0.39 is 29.9 Å². The Morgan fingerprint density at radius 3 is 1.88 bits per heavy atom. The van der Waals surface area contributed by atoms with Crippen molar-refractivity contribution in [2.45, 2.75) is 24.9 Å². The third-order valence-electron chi connectivity index (χ3n) is 5.15. The number of hydrogen-bond acceptors (Lipinski definition) is 4. The van der Waals surface area contributed by atoms with Crippen LogP contribution in [0, 0.1) is 0 Å². The molecule has 0 radical (unpaired) electrons. The second-order valence-electron chi connectivity index (χ2n) is 7.53. The Bertz CT molecular complexity index is 1070. The summed E-state index contributed by atoms with van der Waals surface area (Å²) in [5.41, 5.74) is 1.99. The first kappa shape index (κ1) is 23.5. The van der Waals surface area contributed by atoms with Gasteiger partial charge >= 0.3 is 5.97 Å². The molecule has 0 saturated carbocycles. The van der Waals surface area contributed by atoms with Crippen LogP contribution >= 0.6 is 0 Å². The van der Waals surface area contributed by atoms with Gasteiger partial charge in [-0.05, 0) is 35.4 Å². The van der Waals surface area contributed by atoms with E-state index in [1.165, 1.54) is 0 Å². The Morgan fingerprint density at radius 2 is 1.30 bits per heavy atom. The molecule has 0 aliphatic rings. The summed E-state index contributed by atoms with van der Waals surface area (Å²) in [4.78, 5) is 37.7. The number of amides is 2. The lowest BCUT2D eigenvalue weighted by atomic mass is 10.0. The number of hydrogen-bond donors (Lipinski definition) is 3. The molecular weight excluding hydrogens is 420 g/mol. The summed E-state index contributed by atoms with van der Waals surface area (Å²) in [6, 6.07) is 22.7. The van der Waals surface area contributed by atoms with Crippen LogP contribution in [-0.2, 0) is 22.4 Å². The van der Waals surface area contributed by atoms with Crippen molar-refractivity contribution in [1.82, 2.24) is 10.6 Å². The third-order valence-corrected chi connectivity index (χ3v) is 5.15. The minimum Gasteiger partial charge on any atom is -0.497 e. The van der Waals surface area contributed by atoms with Crippen LogP contribution in [0.4, 0.5) is 0 Å². The van der Waals surface area contributed by atoms with Gasteiger partial charge in [0.05, 0.1) is 7.11 Å². The predicted octanol–water partition coefficient (Wildman–Crippen LogP) is 2.85. The fraction of sp³-hybridized carbons (Fsp3) is 0.192. The smallest absolute Gasteiger partial charge is 0.326 e. The molecule has 170 valence electrons. The molecule has 33 heavy (non-hydrogen) atoms. The first-order chi connectivity index (χ1) is 16.0. The van der Waals surface area contributed by atoms with Crippen LogP contribution in [-0.4, -0.2) is 42.1 Å². The molecule has 0 aromatic heterocycles. The van der Waals surface area contributed by atoms with Crippen LogP contribution in [0.25, 0.3) is 0 Å². The molecule has 7 heteroatoms. The van der Waals surface area contributed by atoms with Gasteiger partial charge in [0.2, 0.25) is 5.91 Å². The van der Waals surface area contributed by atoms with E-state index in [1.807, 2.05) is 30.3 Å². The maximum absolute atomic E-state index is 13.1. The Balaban J connectivity index is 1.76. The molecule has 3 aromatic rings.